The van der Waals surface area contributed by atoms with E-state index in [1.165, 1.54) is 32.6 Å². The van der Waals surface area contributed by atoms with Gasteiger partial charge in [0.05, 0.1) is 36.5 Å². The summed E-state index contributed by atoms with van der Waals surface area (Å²) in [6, 6.07) is 10.4. The third-order valence-corrected chi connectivity index (χ3v) is 3.12. The number of nitrogens with zero attached hydrogens (tertiary/aromatic N) is 2. The van der Waals surface area contributed by atoms with Gasteiger partial charge in [-0.1, -0.05) is 17.7 Å². The van der Waals surface area contributed by atoms with Gasteiger partial charge in [-0.05, 0) is 25.1 Å². The number of aryl methyl sites for hydroxylation is 1. The fourth-order valence-corrected chi connectivity index (χ4v) is 1.92. The Labute approximate surface area is 128 Å². The molecule has 0 radical (unpaired) electrons. The lowest BCUT2D eigenvalue weighted by atomic mass is 10.1. The number of hydrogen-bond donors (Lipinski definition) is 0. The summed E-state index contributed by atoms with van der Waals surface area (Å²) in [7, 11) is 2.91. The average Bonchev–Trinajstić information content (AvgIpc) is 2.53. The van der Waals surface area contributed by atoms with Crippen molar-refractivity contribution < 1.29 is 14.4 Å². The van der Waals surface area contributed by atoms with Crippen molar-refractivity contribution in [2.75, 3.05) is 14.2 Å². The Morgan fingerprint density at radius 2 is 1.68 bits per heavy atom. The summed E-state index contributed by atoms with van der Waals surface area (Å²) in [5.74, 6) is 0.722. The molecular weight excluding hydrogens is 284 g/mol. The van der Waals surface area contributed by atoms with Crippen molar-refractivity contribution in [2.45, 2.75) is 6.92 Å². The first-order valence-electron chi connectivity index (χ1n) is 6.56. The van der Waals surface area contributed by atoms with E-state index in [1.54, 1.807) is 0 Å². The van der Waals surface area contributed by atoms with Crippen molar-refractivity contribution in [1.29, 1.82) is 0 Å². The lowest BCUT2D eigenvalue weighted by Gasteiger charge is -2.08. The SMILES string of the molecule is COc1cc(C=Nc2ccc(C)cc2)c([N+](=O)[O-])cc1OC. The van der Waals surface area contributed by atoms with E-state index in [-0.39, 0.29) is 5.69 Å². The smallest absolute Gasteiger partial charge is 0.282 e. The second-order valence-corrected chi connectivity index (χ2v) is 4.62. The summed E-state index contributed by atoms with van der Waals surface area (Å²) in [5, 5.41) is 11.2. The van der Waals surface area contributed by atoms with Crippen molar-refractivity contribution in [1.82, 2.24) is 0 Å². The molecular formula is C16H16N2O4. The minimum atomic E-state index is -0.474. The minimum Gasteiger partial charge on any atom is -0.493 e. The van der Waals surface area contributed by atoms with Crippen LogP contribution in [0.4, 0.5) is 11.4 Å². The molecule has 6 nitrogen and oxygen atoms in total. The number of nitro benzene ring substituents is 1. The van der Waals surface area contributed by atoms with E-state index in [2.05, 4.69) is 4.99 Å². The highest BCUT2D eigenvalue weighted by Gasteiger charge is 2.18. The molecule has 0 unspecified atom stereocenters. The Bertz CT molecular complexity index is 709. The third kappa shape index (κ3) is 3.41. The number of methoxy groups -OCH3 is 2. The van der Waals surface area contributed by atoms with Crippen LogP contribution in [-0.4, -0.2) is 25.4 Å². The Hall–Kier alpha value is -2.89. The standard InChI is InChI=1S/C16H16N2O4/c1-11-4-6-13(7-5-11)17-10-12-8-15(21-2)16(22-3)9-14(12)18(19)20/h4-10H,1-3H3. The van der Waals surface area contributed by atoms with Gasteiger partial charge in [0.25, 0.3) is 5.69 Å². The molecule has 0 heterocycles. The number of aliphatic imine (C=N–C) groups is 1. The van der Waals surface area contributed by atoms with Gasteiger partial charge in [0.15, 0.2) is 11.5 Å². The van der Waals surface area contributed by atoms with Gasteiger partial charge in [-0.15, -0.1) is 0 Å². The van der Waals surface area contributed by atoms with E-state index in [0.717, 1.165) is 11.3 Å². The Kier molecular flexibility index (Phi) is 4.73. The predicted molar refractivity (Wildman–Crippen MR) is 84.6 cm³/mol. The second-order valence-electron chi connectivity index (χ2n) is 4.62. The highest BCUT2D eigenvalue weighted by atomic mass is 16.6. The van der Waals surface area contributed by atoms with E-state index in [1.807, 2.05) is 31.2 Å². The summed E-state index contributed by atoms with van der Waals surface area (Å²) in [4.78, 5) is 15.0. The van der Waals surface area contributed by atoms with E-state index < -0.39 is 4.92 Å². The molecule has 0 aliphatic rings. The van der Waals surface area contributed by atoms with Gasteiger partial charge in [-0.25, -0.2) is 0 Å². The van der Waals surface area contributed by atoms with Crippen LogP contribution in [0.5, 0.6) is 11.5 Å². The molecule has 2 aromatic rings. The first kappa shape index (κ1) is 15.5. The van der Waals surface area contributed by atoms with Crippen molar-refractivity contribution in [3.8, 4) is 11.5 Å². The summed E-state index contributed by atoms with van der Waals surface area (Å²) >= 11 is 0. The average molecular weight is 300 g/mol. The topological polar surface area (TPSA) is 74.0 Å². The monoisotopic (exact) mass is 300 g/mol. The molecule has 0 aromatic heterocycles. The van der Waals surface area contributed by atoms with Crippen molar-refractivity contribution in [2.24, 2.45) is 4.99 Å². The summed E-state index contributed by atoms with van der Waals surface area (Å²) in [6.45, 7) is 1.98. The van der Waals surface area contributed by atoms with Gasteiger partial charge in [0.2, 0.25) is 0 Å². The molecule has 0 atom stereocenters. The number of rotatable bonds is 5. The normalized spacial score (nSPS) is 10.7. The van der Waals surface area contributed by atoms with Crippen LogP contribution >= 0.6 is 0 Å². The summed E-state index contributed by atoms with van der Waals surface area (Å²) in [6.07, 6.45) is 1.45. The number of hydrogen-bond acceptors (Lipinski definition) is 5. The van der Waals surface area contributed by atoms with Gasteiger partial charge in [0, 0.05) is 6.21 Å². The maximum absolute atomic E-state index is 11.2. The van der Waals surface area contributed by atoms with Crippen LogP contribution in [-0.2, 0) is 0 Å². The highest BCUT2D eigenvalue weighted by Crippen LogP contribution is 2.33. The van der Waals surface area contributed by atoms with Gasteiger partial charge in [-0.2, -0.15) is 0 Å². The Balaban J connectivity index is 2.44. The van der Waals surface area contributed by atoms with Crippen LogP contribution in [0.25, 0.3) is 0 Å². The molecule has 0 bridgehead atoms. The van der Waals surface area contributed by atoms with E-state index >= 15 is 0 Å². The van der Waals surface area contributed by atoms with Crippen molar-refractivity contribution in [3.63, 3.8) is 0 Å². The molecule has 0 spiro atoms. The molecule has 22 heavy (non-hydrogen) atoms. The number of ether oxygens (including phenoxy) is 2. The van der Waals surface area contributed by atoms with Crippen LogP contribution in [0.1, 0.15) is 11.1 Å². The molecule has 6 heteroatoms. The lowest BCUT2D eigenvalue weighted by Crippen LogP contribution is -1.98. The van der Waals surface area contributed by atoms with E-state index in [4.69, 9.17) is 9.47 Å². The van der Waals surface area contributed by atoms with Gasteiger partial charge < -0.3 is 9.47 Å². The van der Waals surface area contributed by atoms with E-state index in [0.29, 0.717) is 17.1 Å². The maximum Gasteiger partial charge on any atom is 0.282 e. The molecule has 0 fully saturated rings. The van der Waals surface area contributed by atoms with Gasteiger partial charge in [0.1, 0.15) is 0 Å². The fraction of sp³-hybridized carbons (Fsp3) is 0.188. The summed E-state index contributed by atoms with van der Waals surface area (Å²) < 4.78 is 10.3. The molecule has 0 aliphatic carbocycles. The number of nitro groups is 1. The maximum atomic E-state index is 11.2. The molecule has 0 saturated carbocycles. The van der Waals surface area contributed by atoms with Crippen LogP contribution < -0.4 is 9.47 Å². The molecule has 0 aliphatic heterocycles. The minimum absolute atomic E-state index is 0.0893. The molecule has 2 aromatic carbocycles. The molecule has 0 N–H and O–H groups in total. The van der Waals surface area contributed by atoms with Crippen molar-refractivity contribution >= 4 is 17.6 Å². The largest absolute Gasteiger partial charge is 0.493 e. The third-order valence-electron chi connectivity index (χ3n) is 3.12. The van der Waals surface area contributed by atoms with E-state index in [9.17, 15) is 10.1 Å². The molecule has 2 rings (SSSR count). The Morgan fingerprint density at radius 3 is 2.23 bits per heavy atom. The lowest BCUT2D eigenvalue weighted by molar-refractivity contribution is -0.385. The molecule has 0 saturated heterocycles. The quantitative estimate of drug-likeness (QED) is 0.479. The fourth-order valence-electron chi connectivity index (χ4n) is 1.92. The van der Waals surface area contributed by atoms with Crippen LogP contribution in [0.3, 0.4) is 0 Å². The zero-order valence-electron chi connectivity index (χ0n) is 12.6. The first-order chi connectivity index (χ1) is 10.5. The van der Waals surface area contributed by atoms with Crippen LogP contribution in [0, 0.1) is 17.0 Å². The van der Waals surface area contributed by atoms with Crippen LogP contribution in [0.15, 0.2) is 41.4 Å². The van der Waals surface area contributed by atoms with Crippen molar-refractivity contribution in [3.05, 3.63) is 57.6 Å². The molecule has 114 valence electrons. The predicted octanol–water partition coefficient (Wildman–Crippen LogP) is 3.67. The first-order valence-corrected chi connectivity index (χ1v) is 6.56. The highest BCUT2D eigenvalue weighted by molar-refractivity contribution is 5.88. The second kappa shape index (κ2) is 6.71. The zero-order valence-corrected chi connectivity index (χ0v) is 12.6. The Morgan fingerprint density at radius 1 is 1.09 bits per heavy atom. The van der Waals surface area contributed by atoms with Crippen LogP contribution in [0.2, 0.25) is 0 Å². The number of benzene rings is 2. The molecule has 0 amide bonds. The zero-order chi connectivity index (χ0) is 16.1. The van der Waals surface area contributed by atoms with Gasteiger partial charge in [-0.3, -0.25) is 15.1 Å². The van der Waals surface area contributed by atoms with Gasteiger partial charge >= 0.3 is 0 Å². The summed E-state index contributed by atoms with van der Waals surface area (Å²) in [5.41, 5.74) is 2.10.